The van der Waals surface area contributed by atoms with Gasteiger partial charge >= 0.3 is 0 Å². The fourth-order valence-corrected chi connectivity index (χ4v) is 2.34. The van der Waals surface area contributed by atoms with Gasteiger partial charge < -0.3 is 4.90 Å². The standard InChI is InChI=1S/C14H17NO/c1-2-14(16)15-10-6-9-13(15)11-12-7-4-3-5-8-12/h2-5,7-8,13H,1,6,9-11H2. The van der Waals surface area contributed by atoms with E-state index in [1.807, 2.05) is 23.1 Å². The molecule has 2 nitrogen and oxygen atoms in total. The summed E-state index contributed by atoms with van der Waals surface area (Å²) in [6.45, 7) is 4.43. The van der Waals surface area contributed by atoms with Crippen molar-refractivity contribution in [3.63, 3.8) is 0 Å². The van der Waals surface area contributed by atoms with Crippen LogP contribution in [0.15, 0.2) is 43.0 Å². The maximum Gasteiger partial charge on any atom is 0.246 e. The number of amides is 1. The minimum atomic E-state index is 0.0680. The Morgan fingerprint density at radius 3 is 2.88 bits per heavy atom. The van der Waals surface area contributed by atoms with E-state index in [0.29, 0.717) is 6.04 Å². The highest BCUT2D eigenvalue weighted by atomic mass is 16.2. The molecule has 1 aliphatic rings. The molecule has 2 rings (SSSR count). The quantitative estimate of drug-likeness (QED) is 0.709. The Hall–Kier alpha value is -1.57. The van der Waals surface area contributed by atoms with Gasteiger partial charge in [0.2, 0.25) is 5.91 Å². The van der Waals surface area contributed by atoms with E-state index in [9.17, 15) is 4.79 Å². The molecule has 0 bridgehead atoms. The number of nitrogens with zero attached hydrogens (tertiary/aromatic N) is 1. The van der Waals surface area contributed by atoms with Crippen molar-refractivity contribution in [1.29, 1.82) is 0 Å². The third-order valence-electron chi connectivity index (χ3n) is 3.15. The van der Waals surface area contributed by atoms with Gasteiger partial charge in [-0.05, 0) is 30.9 Å². The smallest absolute Gasteiger partial charge is 0.246 e. The molecule has 2 heteroatoms. The van der Waals surface area contributed by atoms with Gasteiger partial charge in [0, 0.05) is 12.6 Å². The summed E-state index contributed by atoms with van der Waals surface area (Å²) >= 11 is 0. The van der Waals surface area contributed by atoms with Crippen LogP contribution < -0.4 is 0 Å². The summed E-state index contributed by atoms with van der Waals surface area (Å²) in [7, 11) is 0. The van der Waals surface area contributed by atoms with Gasteiger partial charge in [-0.15, -0.1) is 0 Å². The molecule has 0 radical (unpaired) electrons. The summed E-state index contributed by atoms with van der Waals surface area (Å²) in [5.74, 6) is 0.0680. The maximum absolute atomic E-state index is 11.6. The average molecular weight is 215 g/mol. The van der Waals surface area contributed by atoms with E-state index in [-0.39, 0.29) is 5.91 Å². The van der Waals surface area contributed by atoms with Gasteiger partial charge in [0.15, 0.2) is 0 Å². The van der Waals surface area contributed by atoms with Crippen molar-refractivity contribution < 1.29 is 4.79 Å². The second-order valence-electron chi connectivity index (χ2n) is 4.22. The number of carbonyl (C=O) groups excluding carboxylic acids is 1. The Morgan fingerprint density at radius 1 is 1.44 bits per heavy atom. The number of benzene rings is 1. The van der Waals surface area contributed by atoms with Crippen LogP contribution in [0.1, 0.15) is 18.4 Å². The lowest BCUT2D eigenvalue weighted by molar-refractivity contribution is -0.126. The predicted octanol–water partition coefficient (Wildman–Crippen LogP) is 2.41. The highest BCUT2D eigenvalue weighted by molar-refractivity contribution is 5.87. The van der Waals surface area contributed by atoms with Crippen LogP contribution in [0.5, 0.6) is 0 Å². The number of rotatable bonds is 3. The van der Waals surface area contributed by atoms with Crippen LogP contribution in [0.3, 0.4) is 0 Å². The molecule has 1 saturated heterocycles. The Kier molecular flexibility index (Phi) is 3.40. The highest BCUT2D eigenvalue weighted by Gasteiger charge is 2.26. The van der Waals surface area contributed by atoms with Crippen molar-refractivity contribution in [1.82, 2.24) is 4.90 Å². The van der Waals surface area contributed by atoms with E-state index < -0.39 is 0 Å². The van der Waals surface area contributed by atoms with Gasteiger partial charge in [-0.1, -0.05) is 36.9 Å². The van der Waals surface area contributed by atoms with Crippen molar-refractivity contribution in [3.05, 3.63) is 48.6 Å². The van der Waals surface area contributed by atoms with Crippen LogP contribution >= 0.6 is 0 Å². The largest absolute Gasteiger partial charge is 0.336 e. The van der Waals surface area contributed by atoms with Crippen LogP contribution in [0.25, 0.3) is 0 Å². The molecule has 84 valence electrons. The number of hydrogen-bond acceptors (Lipinski definition) is 1. The third kappa shape index (κ3) is 2.32. The molecule has 16 heavy (non-hydrogen) atoms. The predicted molar refractivity (Wildman–Crippen MR) is 65.1 cm³/mol. The van der Waals surface area contributed by atoms with Gasteiger partial charge in [0.25, 0.3) is 0 Å². The van der Waals surface area contributed by atoms with Crippen LogP contribution in [-0.4, -0.2) is 23.4 Å². The first-order valence-corrected chi connectivity index (χ1v) is 5.78. The van der Waals surface area contributed by atoms with Gasteiger partial charge in [-0.2, -0.15) is 0 Å². The van der Waals surface area contributed by atoms with Crippen molar-refractivity contribution in [2.45, 2.75) is 25.3 Å². The number of hydrogen-bond donors (Lipinski definition) is 0. The van der Waals surface area contributed by atoms with Crippen molar-refractivity contribution >= 4 is 5.91 Å². The lowest BCUT2D eigenvalue weighted by Crippen LogP contribution is -2.35. The summed E-state index contributed by atoms with van der Waals surface area (Å²) in [6.07, 6.45) is 4.59. The second kappa shape index (κ2) is 4.97. The average Bonchev–Trinajstić information content (AvgIpc) is 2.77. The molecule has 1 fully saturated rings. The first-order chi connectivity index (χ1) is 7.81. The zero-order valence-electron chi connectivity index (χ0n) is 9.43. The fourth-order valence-electron chi connectivity index (χ4n) is 2.34. The van der Waals surface area contributed by atoms with Crippen LogP contribution in [0, 0.1) is 0 Å². The van der Waals surface area contributed by atoms with Gasteiger partial charge in [0.1, 0.15) is 0 Å². The summed E-state index contributed by atoms with van der Waals surface area (Å²) in [6, 6.07) is 10.7. The topological polar surface area (TPSA) is 20.3 Å². The lowest BCUT2D eigenvalue weighted by Gasteiger charge is -2.23. The molecule has 0 saturated carbocycles. The van der Waals surface area contributed by atoms with E-state index in [0.717, 1.165) is 25.8 Å². The fraction of sp³-hybridized carbons (Fsp3) is 0.357. The first kappa shape index (κ1) is 10.9. The minimum absolute atomic E-state index is 0.0680. The maximum atomic E-state index is 11.6. The molecule has 1 atom stereocenters. The van der Waals surface area contributed by atoms with Gasteiger partial charge in [-0.3, -0.25) is 4.79 Å². The molecule has 0 aromatic heterocycles. The normalized spacial score (nSPS) is 19.8. The van der Waals surface area contributed by atoms with Crippen molar-refractivity contribution in [2.24, 2.45) is 0 Å². The van der Waals surface area contributed by atoms with E-state index in [1.165, 1.54) is 11.6 Å². The van der Waals surface area contributed by atoms with Gasteiger partial charge in [0.05, 0.1) is 0 Å². The summed E-state index contributed by atoms with van der Waals surface area (Å²) < 4.78 is 0. The van der Waals surface area contributed by atoms with E-state index in [1.54, 1.807) is 0 Å². The van der Waals surface area contributed by atoms with Crippen molar-refractivity contribution in [2.75, 3.05) is 6.54 Å². The molecule has 1 unspecified atom stereocenters. The summed E-state index contributed by atoms with van der Waals surface area (Å²) in [5.41, 5.74) is 1.30. The minimum Gasteiger partial charge on any atom is -0.336 e. The first-order valence-electron chi connectivity index (χ1n) is 5.78. The lowest BCUT2D eigenvalue weighted by atomic mass is 10.0. The third-order valence-corrected chi connectivity index (χ3v) is 3.15. The Labute approximate surface area is 96.6 Å². The SMILES string of the molecule is C=CC(=O)N1CCCC1Cc1ccccc1. The molecular weight excluding hydrogens is 198 g/mol. The molecule has 0 aliphatic carbocycles. The Balaban J connectivity index is 2.04. The molecule has 1 aliphatic heterocycles. The molecule has 1 aromatic rings. The van der Waals surface area contributed by atoms with E-state index >= 15 is 0 Å². The Morgan fingerprint density at radius 2 is 2.19 bits per heavy atom. The zero-order valence-corrected chi connectivity index (χ0v) is 9.43. The van der Waals surface area contributed by atoms with Crippen LogP contribution in [-0.2, 0) is 11.2 Å². The van der Waals surface area contributed by atoms with Crippen LogP contribution in [0.2, 0.25) is 0 Å². The molecule has 1 amide bonds. The Bertz CT molecular complexity index is 372. The summed E-state index contributed by atoms with van der Waals surface area (Å²) in [5, 5.41) is 0. The van der Waals surface area contributed by atoms with Crippen molar-refractivity contribution in [3.8, 4) is 0 Å². The van der Waals surface area contributed by atoms with Gasteiger partial charge in [-0.25, -0.2) is 0 Å². The highest BCUT2D eigenvalue weighted by Crippen LogP contribution is 2.21. The molecular formula is C14H17NO. The number of carbonyl (C=O) groups is 1. The molecule has 1 aromatic carbocycles. The number of likely N-dealkylation sites (tertiary alicyclic amines) is 1. The zero-order chi connectivity index (χ0) is 11.4. The molecule has 0 spiro atoms. The van der Waals surface area contributed by atoms with Crippen LogP contribution in [0.4, 0.5) is 0 Å². The van der Waals surface area contributed by atoms with E-state index in [2.05, 4.69) is 18.7 Å². The monoisotopic (exact) mass is 215 g/mol. The second-order valence-corrected chi connectivity index (χ2v) is 4.22. The van der Waals surface area contributed by atoms with E-state index in [4.69, 9.17) is 0 Å². The summed E-state index contributed by atoms with van der Waals surface area (Å²) in [4.78, 5) is 13.6. The molecule has 0 N–H and O–H groups in total. The molecule has 1 heterocycles.